The van der Waals surface area contributed by atoms with E-state index < -0.39 is 0 Å². The van der Waals surface area contributed by atoms with Gasteiger partial charge in [0.2, 0.25) is 0 Å². The molecule has 0 heterocycles. The number of thioether (sulfide) groups is 1. The standard InChI is InChI=1S/C12H18BrNS/c1-8(2)7-15-12-5-4-10(9(3)14)6-11(12)13/h4-6,8-9H,7,14H2,1-3H3. The normalized spacial score (nSPS) is 13.2. The third kappa shape index (κ3) is 4.17. The van der Waals surface area contributed by atoms with Gasteiger partial charge in [0.25, 0.3) is 0 Å². The van der Waals surface area contributed by atoms with Crippen LogP contribution in [0.15, 0.2) is 27.6 Å². The predicted octanol–water partition coefficient (Wildman–Crippen LogP) is 4.22. The van der Waals surface area contributed by atoms with E-state index in [0.29, 0.717) is 0 Å². The molecule has 0 aliphatic heterocycles. The molecule has 3 heteroatoms. The van der Waals surface area contributed by atoms with Gasteiger partial charge in [-0.2, -0.15) is 0 Å². The van der Waals surface area contributed by atoms with Gasteiger partial charge in [0.15, 0.2) is 0 Å². The van der Waals surface area contributed by atoms with Crippen LogP contribution in [-0.2, 0) is 0 Å². The molecule has 0 aliphatic carbocycles. The molecule has 15 heavy (non-hydrogen) atoms. The Morgan fingerprint density at radius 3 is 2.47 bits per heavy atom. The second kappa shape index (κ2) is 5.92. The zero-order chi connectivity index (χ0) is 11.4. The third-order valence-corrected chi connectivity index (χ3v) is 4.47. The van der Waals surface area contributed by atoms with E-state index in [-0.39, 0.29) is 6.04 Å². The molecule has 1 aromatic carbocycles. The molecule has 1 rings (SSSR count). The number of benzene rings is 1. The molecular formula is C12H18BrNS. The summed E-state index contributed by atoms with van der Waals surface area (Å²) in [5.41, 5.74) is 7.00. The van der Waals surface area contributed by atoms with Crippen molar-refractivity contribution < 1.29 is 0 Å². The van der Waals surface area contributed by atoms with Gasteiger partial charge in [-0.05, 0) is 46.5 Å². The first-order valence-corrected chi connectivity index (χ1v) is 6.96. The maximum absolute atomic E-state index is 5.83. The summed E-state index contributed by atoms with van der Waals surface area (Å²) in [5, 5.41) is 0. The van der Waals surface area contributed by atoms with Crippen molar-refractivity contribution in [3.8, 4) is 0 Å². The first-order valence-electron chi connectivity index (χ1n) is 5.18. The molecule has 1 atom stereocenters. The molecule has 1 aromatic rings. The van der Waals surface area contributed by atoms with Crippen LogP contribution in [0.3, 0.4) is 0 Å². The minimum atomic E-state index is 0.102. The van der Waals surface area contributed by atoms with Crippen molar-refractivity contribution >= 4 is 27.7 Å². The second-order valence-electron chi connectivity index (χ2n) is 4.18. The van der Waals surface area contributed by atoms with Crippen LogP contribution in [0.5, 0.6) is 0 Å². The van der Waals surface area contributed by atoms with E-state index in [9.17, 15) is 0 Å². The van der Waals surface area contributed by atoms with Gasteiger partial charge < -0.3 is 5.73 Å². The fraction of sp³-hybridized carbons (Fsp3) is 0.500. The summed E-state index contributed by atoms with van der Waals surface area (Å²) in [6, 6.07) is 6.48. The van der Waals surface area contributed by atoms with E-state index in [1.807, 2.05) is 18.7 Å². The highest BCUT2D eigenvalue weighted by Crippen LogP contribution is 2.30. The van der Waals surface area contributed by atoms with Crippen LogP contribution < -0.4 is 5.73 Å². The van der Waals surface area contributed by atoms with E-state index in [0.717, 1.165) is 16.1 Å². The minimum Gasteiger partial charge on any atom is -0.324 e. The molecule has 2 N–H and O–H groups in total. The SMILES string of the molecule is CC(C)CSc1ccc(C(C)N)cc1Br. The summed E-state index contributed by atoms with van der Waals surface area (Å²) in [7, 11) is 0. The lowest BCUT2D eigenvalue weighted by molar-refractivity contribution is 0.750. The lowest BCUT2D eigenvalue weighted by Crippen LogP contribution is -2.04. The Kier molecular flexibility index (Phi) is 5.16. The molecule has 0 aliphatic rings. The summed E-state index contributed by atoms with van der Waals surface area (Å²) in [6.07, 6.45) is 0. The Morgan fingerprint density at radius 2 is 2.00 bits per heavy atom. The van der Waals surface area contributed by atoms with Gasteiger partial charge in [-0.3, -0.25) is 0 Å². The summed E-state index contributed by atoms with van der Waals surface area (Å²) in [6.45, 7) is 6.47. The molecule has 0 bridgehead atoms. The van der Waals surface area contributed by atoms with Crippen molar-refractivity contribution in [3.63, 3.8) is 0 Å². The highest BCUT2D eigenvalue weighted by molar-refractivity contribution is 9.10. The van der Waals surface area contributed by atoms with E-state index >= 15 is 0 Å². The molecular weight excluding hydrogens is 270 g/mol. The highest BCUT2D eigenvalue weighted by Gasteiger charge is 2.05. The number of halogens is 1. The van der Waals surface area contributed by atoms with Crippen LogP contribution in [0.25, 0.3) is 0 Å². The first-order chi connectivity index (χ1) is 7.00. The molecule has 0 spiro atoms. The van der Waals surface area contributed by atoms with Crippen molar-refractivity contribution in [2.75, 3.05) is 5.75 Å². The molecule has 1 unspecified atom stereocenters. The molecule has 0 saturated heterocycles. The Balaban J connectivity index is 2.75. The van der Waals surface area contributed by atoms with Gasteiger partial charge in [-0.15, -0.1) is 11.8 Å². The van der Waals surface area contributed by atoms with Gasteiger partial charge in [0.05, 0.1) is 0 Å². The van der Waals surface area contributed by atoms with Gasteiger partial charge in [-0.25, -0.2) is 0 Å². The maximum Gasteiger partial charge on any atom is 0.0314 e. The van der Waals surface area contributed by atoms with Crippen LogP contribution in [0.1, 0.15) is 32.4 Å². The summed E-state index contributed by atoms with van der Waals surface area (Å²) < 4.78 is 1.16. The van der Waals surface area contributed by atoms with Gasteiger partial charge in [-0.1, -0.05) is 19.9 Å². The molecule has 0 saturated carbocycles. The lowest BCUT2D eigenvalue weighted by Gasteiger charge is -2.10. The van der Waals surface area contributed by atoms with Crippen LogP contribution in [0.4, 0.5) is 0 Å². The molecule has 0 radical (unpaired) electrons. The van der Waals surface area contributed by atoms with E-state index in [4.69, 9.17) is 5.73 Å². The van der Waals surface area contributed by atoms with Crippen LogP contribution in [0.2, 0.25) is 0 Å². The topological polar surface area (TPSA) is 26.0 Å². The number of rotatable bonds is 4. The van der Waals surface area contributed by atoms with Crippen molar-refractivity contribution in [2.45, 2.75) is 31.7 Å². The van der Waals surface area contributed by atoms with E-state index in [1.165, 1.54) is 10.5 Å². The largest absolute Gasteiger partial charge is 0.324 e. The Hall–Kier alpha value is 0.01000. The third-order valence-electron chi connectivity index (χ3n) is 2.05. The van der Waals surface area contributed by atoms with Crippen LogP contribution >= 0.6 is 27.7 Å². The molecule has 0 amide bonds. The predicted molar refractivity (Wildman–Crippen MR) is 72.3 cm³/mol. The summed E-state index contributed by atoms with van der Waals surface area (Å²) >= 11 is 5.48. The summed E-state index contributed by atoms with van der Waals surface area (Å²) in [4.78, 5) is 1.30. The second-order valence-corrected chi connectivity index (χ2v) is 6.10. The highest BCUT2D eigenvalue weighted by atomic mass is 79.9. The van der Waals surface area contributed by atoms with E-state index in [1.54, 1.807) is 0 Å². The number of hydrogen-bond donors (Lipinski definition) is 1. The Morgan fingerprint density at radius 1 is 1.33 bits per heavy atom. The number of nitrogens with two attached hydrogens (primary N) is 1. The van der Waals surface area contributed by atoms with Gasteiger partial charge >= 0.3 is 0 Å². The van der Waals surface area contributed by atoms with Crippen LogP contribution in [0, 0.1) is 5.92 Å². The fourth-order valence-electron chi connectivity index (χ4n) is 1.17. The van der Waals surface area contributed by atoms with Crippen molar-refractivity contribution in [1.29, 1.82) is 0 Å². The molecule has 1 nitrogen and oxygen atoms in total. The maximum atomic E-state index is 5.83. The summed E-state index contributed by atoms with van der Waals surface area (Å²) in [5.74, 6) is 1.87. The zero-order valence-corrected chi connectivity index (χ0v) is 11.9. The van der Waals surface area contributed by atoms with E-state index in [2.05, 4.69) is 48.0 Å². The first kappa shape index (κ1) is 13.1. The van der Waals surface area contributed by atoms with Gasteiger partial charge in [0, 0.05) is 21.2 Å². The number of hydrogen-bond acceptors (Lipinski definition) is 2. The molecule has 0 fully saturated rings. The zero-order valence-electron chi connectivity index (χ0n) is 9.46. The average Bonchev–Trinajstić information content (AvgIpc) is 2.15. The Labute approximate surface area is 105 Å². The molecule has 0 aromatic heterocycles. The lowest BCUT2D eigenvalue weighted by atomic mass is 10.1. The van der Waals surface area contributed by atoms with Crippen molar-refractivity contribution in [2.24, 2.45) is 11.7 Å². The van der Waals surface area contributed by atoms with Crippen LogP contribution in [-0.4, -0.2) is 5.75 Å². The average molecular weight is 288 g/mol. The van der Waals surface area contributed by atoms with Gasteiger partial charge in [0.1, 0.15) is 0 Å². The fourth-order valence-corrected chi connectivity index (χ4v) is 2.79. The quantitative estimate of drug-likeness (QED) is 0.840. The van der Waals surface area contributed by atoms with Crippen molar-refractivity contribution in [1.82, 2.24) is 0 Å². The van der Waals surface area contributed by atoms with Crippen molar-refractivity contribution in [3.05, 3.63) is 28.2 Å². The molecule has 84 valence electrons. The minimum absolute atomic E-state index is 0.102. The monoisotopic (exact) mass is 287 g/mol. The smallest absolute Gasteiger partial charge is 0.0314 e. The Bertz CT molecular complexity index is 323.